The molecule has 1 saturated heterocycles. The van der Waals surface area contributed by atoms with Crippen LogP contribution in [0.2, 0.25) is 0 Å². The van der Waals surface area contributed by atoms with E-state index in [1.165, 1.54) is 4.90 Å². The van der Waals surface area contributed by atoms with Crippen molar-refractivity contribution in [2.45, 2.75) is 153 Å². The molecule has 0 bridgehead atoms. The highest BCUT2D eigenvalue weighted by Gasteiger charge is 2.63. The molecule has 0 radical (unpaired) electrons. The summed E-state index contributed by atoms with van der Waals surface area (Å²) in [6.45, 7) is 8.34. The highest BCUT2D eigenvalue weighted by atomic mass is 32.2. The number of esters is 1. The number of sulfonamides is 1. The molecule has 3 aliphatic heterocycles. The Morgan fingerprint density at radius 1 is 1.13 bits per heavy atom. The number of pyridine rings is 1. The second kappa shape index (κ2) is 17.0. The average Bonchev–Trinajstić information content (AvgIpc) is 4.09. The van der Waals surface area contributed by atoms with E-state index in [2.05, 4.69) is 4.72 Å². The van der Waals surface area contributed by atoms with Gasteiger partial charge in [0.2, 0.25) is 33.6 Å². The van der Waals surface area contributed by atoms with Crippen LogP contribution >= 0.6 is 0 Å². The standard InChI is InChI=1S/C45H59F2N3O11S/c1-8-36-33(22-37(52)61-42(3,4)44(6,46)47)40(53)50-25-29(60-39-31-16-15-28(57-7)20-32(31)30-14-11-19-58-38(30)48-39)21-34(50)35(51)24-45(23-27(45)13-10-9-12-26(2)59-36)41(54)49-62(55,56)43(5)17-18-43/h10,13,15-16,20,26-27,29,33-34,36H,8-9,11-12,14,17-19,21-25H2,1-7H3,(H,49,54)/b13-10-/t26-,27-,29-,33+,34+,36+,45-/m1/s1. The number of aryl methyl sites for hydroxylation is 1. The van der Waals surface area contributed by atoms with Crippen LogP contribution in [0.5, 0.6) is 17.5 Å². The number of hydrogen-bond donors (Lipinski definition) is 1. The molecule has 17 heteroatoms. The van der Waals surface area contributed by atoms with Crippen LogP contribution in [0.25, 0.3) is 10.8 Å². The first-order valence-electron chi connectivity index (χ1n) is 21.7. The fourth-order valence-electron chi connectivity index (χ4n) is 8.85. The van der Waals surface area contributed by atoms with Gasteiger partial charge in [-0.05, 0) is 109 Å². The molecule has 62 heavy (non-hydrogen) atoms. The fourth-order valence-corrected chi connectivity index (χ4v) is 10.2. The zero-order valence-electron chi connectivity index (χ0n) is 36.6. The number of amides is 2. The molecule has 2 saturated carbocycles. The van der Waals surface area contributed by atoms with E-state index in [1.54, 1.807) is 27.0 Å². The summed E-state index contributed by atoms with van der Waals surface area (Å²) in [4.78, 5) is 63.7. The van der Waals surface area contributed by atoms with Gasteiger partial charge in [-0.3, -0.25) is 23.9 Å². The molecule has 0 unspecified atom stereocenters. The van der Waals surface area contributed by atoms with Crippen molar-refractivity contribution in [3.8, 4) is 17.5 Å². The third-order valence-corrected chi connectivity index (χ3v) is 15.8. The molecule has 7 atom stereocenters. The SMILES string of the molecule is CC[C@@H]1O[C@H](C)CC/C=C\[C@@H]2C[C@@]2(C(=O)NS(=O)(=O)C2(C)CC2)CC(=O)[C@@H]2C[C@@H](Oc3nc4c(c5cc(OC)ccc35)CCCO4)CN2C(=O)[C@H]1CC(=O)OC(C)(C)C(C)(F)F. The molecule has 1 aromatic carbocycles. The molecule has 2 amide bonds. The van der Waals surface area contributed by atoms with E-state index >= 15 is 4.79 Å². The molecule has 4 heterocycles. The molecule has 340 valence electrons. The van der Waals surface area contributed by atoms with E-state index in [9.17, 15) is 31.6 Å². The minimum absolute atomic E-state index is 0.0310. The van der Waals surface area contributed by atoms with Crippen LogP contribution in [0.3, 0.4) is 0 Å². The van der Waals surface area contributed by atoms with Crippen LogP contribution in [0.15, 0.2) is 30.4 Å². The average molecular weight is 888 g/mol. The monoisotopic (exact) mass is 887 g/mol. The highest BCUT2D eigenvalue weighted by molar-refractivity contribution is 7.91. The highest BCUT2D eigenvalue weighted by Crippen LogP contribution is 2.58. The van der Waals surface area contributed by atoms with Gasteiger partial charge in [0.15, 0.2) is 11.4 Å². The van der Waals surface area contributed by atoms with Crippen LogP contribution in [-0.4, -0.2) is 103 Å². The first-order chi connectivity index (χ1) is 29.1. The van der Waals surface area contributed by atoms with Crippen molar-refractivity contribution < 1.29 is 60.1 Å². The van der Waals surface area contributed by atoms with E-state index in [1.807, 2.05) is 31.2 Å². The molecule has 0 spiro atoms. The van der Waals surface area contributed by atoms with Gasteiger partial charge in [-0.1, -0.05) is 19.1 Å². The number of rotatable bonds is 11. The van der Waals surface area contributed by atoms with E-state index in [-0.39, 0.29) is 38.1 Å². The molecule has 3 fully saturated rings. The van der Waals surface area contributed by atoms with E-state index in [0.29, 0.717) is 56.2 Å². The summed E-state index contributed by atoms with van der Waals surface area (Å²) in [6.07, 6.45) is 4.39. The normalized spacial score (nSPS) is 29.5. The fraction of sp³-hybridized carbons (Fsp3) is 0.667. The maximum Gasteiger partial charge on any atom is 0.307 e. The predicted molar refractivity (Wildman–Crippen MR) is 223 cm³/mol. The summed E-state index contributed by atoms with van der Waals surface area (Å²) in [5.41, 5.74) is -2.69. The lowest BCUT2D eigenvalue weighted by Gasteiger charge is -2.35. The number of ketones is 1. The molecule has 14 nitrogen and oxygen atoms in total. The van der Waals surface area contributed by atoms with E-state index < -0.39 is 97.9 Å². The minimum atomic E-state index is -4.04. The third kappa shape index (κ3) is 9.02. The molecule has 5 aliphatic rings. The van der Waals surface area contributed by atoms with E-state index in [0.717, 1.165) is 37.6 Å². The summed E-state index contributed by atoms with van der Waals surface area (Å²) in [5, 5.41) is 1.48. The Hall–Kier alpha value is -4.38. The van der Waals surface area contributed by atoms with Crippen LogP contribution in [0, 0.1) is 17.3 Å². The van der Waals surface area contributed by atoms with Crippen molar-refractivity contribution in [1.29, 1.82) is 0 Å². The zero-order chi connectivity index (χ0) is 45.0. The van der Waals surface area contributed by atoms with E-state index in [4.69, 9.17) is 28.7 Å². The van der Waals surface area contributed by atoms with Gasteiger partial charge in [-0.2, -0.15) is 4.98 Å². The third-order valence-electron chi connectivity index (χ3n) is 13.7. The Morgan fingerprint density at radius 3 is 2.55 bits per heavy atom. The molecule has 1 N–H and O–H groups in total. The number of methoxy groups -OCH3 is 1. The molecular formula is C45H59F2N3O11S. The summed E-state index contributed by atoms with van der Waals surface area (Å²) >= 11 is 0. The first kappa shape index (κ1) is 45.6. The Kier molecular flexibility index (Phi) is 12.5. The number of Topliss-reactive ketones (excluding diaryl/α,β-unsaturated/α-hetero) is 1. The van der Waals surface area contributed by atoms with Gasteiger partial charge in [0.05, 0.1) is 61.0 Å². The van der Waals surface area contributed by atoms with Crippen molar-refractivity contribution in [3.05, 3.63) is 35.9 Å². The summed E-state index contributed by atoms with van der Waals surface area (Å²) in [7, 11) is -2.47. The van der Waals surface area contributed by atoms with Crippen LogP contribution in [0.4, 0.5) is 8.78 Å². The number of hydrogen-bond acceptors (Lipinski definition) is 12. The van der Waals surface area contributed by atoms with Gasteiger partial charge in [-0.15, -0.1) is 0 Å². The number of ether oxygens (including phenoxy) is 5. The number of aromatic nitrogens is 1. The first-order valence-corrected chi connectivity index (χ1v) is 23.2. The molecular weight excluding hydrogens is 829 g/mol. The van der Waals surface area contributed by atoms with Crippen LogP contribution < -0.4 is 18.9 Å². The number of halogens is 2. The van der Waals surface area contributed by atoms with Gasteiger partial charge >= 0.3 is 5.97 Å². The van der Waals surface area contributed by atoms with Crippen LogP contribution in [-0.2, 0) is 45.1 Å². The molecule has 1 aromatic heterocycles. The summed E-state index contributed by atoms with van der Waals surface area (Å²) < 4.78 is 86.8. The van der Waals surface area contributed by atoms with Gasteiger partial charge in [0, 0.05) is 30.7 Å². The topological polar surface area (TPSA) is 177 Å². The number of carbonyl (C=O) groups excluding carboxylic acids is 4. The quantitative estimate of drug-likeness (QED) is 0.195. The maximum atomic E-state index is 15.1. The molecule has 7 rings (SSSR count). The molecule has 2 aliphatic carbocycles. The maximum absolute atomic E-state index is 15.1. The Labute approximate surface area is 361 Å². The lowest BCUT2D eigenvalue weighted by molar-refractivity contribution is -0.198. The van der Waals surface area contributed by atoms with Gasteiger partial charge < -0.3 is 28.6 Å². The Balaban J connectivity index is 1.26. The van der Waals surface area contributed by atoms with Gasteiger partial charge in [0.25, 0.3) is 5.92 Å². The number of allylic oxidation sites excluding steroid dienone is 2. The lowest BCUT2D eigenvalue weighted by atomic mass is 9.90. The second-order valence-corrected chi connectivity index (χ2v) is 20.8. The molecule has 2 aromatic rings. The zero-order valence-corrected chi connectivity index (χ0v) is 37.4. The van der Waals surface area contributed by atoms with Gasteiger partial charge in [0.1, 0.15) is 11.9 Å². The predicted octanol–water partition coefficient (Wildman–Crippen LogP) is 6.40. The van der Waals surface area contributed by atoms with Crippen LogP contribution in [0.1, 0.15) is 111 Å². The number of carbonyl (C=O) groups is 4. The van der Waals surface area contributed by atoms with Crippen molar-refractivity contribution in [3.63, 3.8) is 0 Å². The smallest absolute Gasteiger partial charge is 0.307 e. The summed E-state index contributed by atoms with van der Waals surface area (Å²) in [5.74, 6) is -6.82. The minimum Gasteiger partial charge on any atom is -0.497 e. The lowest BCUT2D eigenvalue weighted by Crippen LogP contribution is -2.50. The summed E-state index contributed by atoms with van der Waals surface area (Å²) in [6, 6.07) is 4.29. The van der Waals surface area contributed by atoms with Crippen molar-refractivity contribution in [2.24, 2.45) is 17.3 Å². The number of alkyl halides is 2. The second-order valence-electron chi connectivity index (χ2n) is 18.6. The van der Waals surface area contributed by atoms with Crippen molar-refractivity contribution in [2.75, 3.05) is 20.3 Å². The number of benzene rings is 1. The largest absolute Gasteiger partial charge is 0.497 e. The number of nitrogens with zero attached hydrogens (tertiary/aromatic N) is 2. The Morgan fingerprint density at radius 2 is 1.87 bits per heavy atom. The number of fused-ring (bicyclic) bond motifs is 5. The number of nitrogens with one attached hydrogen (secondary N) is 1. The van der Waals surface area contributed by atoms with Crippen molar-refractivity contribution >= 4 is 44.4 Å². The van der Waals surface area contributed by atoms with Gasteiger partial charge in [-0.25, -0.2) is 17.2 Å². The Bertz CT molecular complexity index is 2240. The van der Waals surface area contributed by atoms with Crippen molar-refractivity contribution in [1.82, 2.24) is 14.6 Å².